The van der Waals surface area contributed by atoms with Gasteiger partial charge in [-0.1, -0.05) is 48.6 Å². The van der Waals surface area contributed by atoms with Crippen LogP contribution < -0.4 is 14.1 Å². The Labute approximate surface area is 148 Å². The van der Waals surface area contributed by atoms with E-state index in [0.29, 0.717) is 35.8 Å². The molecule has 2 aromatic carbocycles. The minimum absolute atomic E-state index is 0.488. The molecule has 2 aromatic rings. The van der Waals surface area contributed by atoms with Gasteiger partial charge in [0.25, 0.3) is 0 Å². The minimum atomic E-state index is -3.51. The van der Waals surface area contributed by atoms with Crippen LogP contribution in [-0.2, 0) is 4.57 Å². The van der Waals surface area contributed by atoms with Crippen LogP contribution in [0.5, 0.6) is 11.5 Å². The lowest BCUT2D eigenvalue weighted by Gasteiger charge is -2.24. The normalized spacial score (nSPS) is 24.4. The molecule has 0 amide bonds. The number of benzene rings is 2. The Bertz CT molecular complexity index is 733. The molecular weight excluding hydrogens is 333 g/mol. The van der Waals surface area contributed by atoms with E-state index in [-0.39, 0.29) is 0 Å². The molecule has 4 nitrogen and oxygen atoms in total. The van der Waals surface area contributed by atoms with Gasteiger partial charge in [0, 0.05) is 6.54 Å². The van der Waals surface area contributed by atoms with E-state index in [9.17, 15) is 4.57 Å². The lowest BCUT2D eigenvalue weighted by molar-refractivity contribution is 0.354. The molecule has 0 unspecified atom stereocenters. The van der Waals surface area contributed by atoms with E-state index in [1.807, 2.05) is 36.4 Å². The summed E-state index contributed by atoms with van der Waals surface area (Å²) in [6, 6.07) is 18.3. The van der Waals surface area contributed by atoms with Crippen molar-refractivity contribution < 1.29 is 13.6 Å². The van der Waals surface area contributed by atoms with Crippen molar-refractivity contribution in [1.29, 1.82) is 0 Å². The monoisotopic (exact) mass is 355 g/mol. The van der Waals surface area contributed by atoms with Crippen molar-refractivity contribution in [2.45, 2.75) is 12.8 Å². The summed E-state index contributed by atoms with van der Waals surface area (Å²) < 4.78 is 24.8. The van der Waals surface area contributed by atoms with Gasteiger partial charge < -0.3 is 9.05 Å². The number of hydrogen-bond acceptors (Lipinski definition) is 3. The van der Waals surface area contributed by atoms with Crippen molar-refractivity contribution >= 4 is 7.75 Å². The van der Waals surface area contributed by atoms with Crippen molar-refractivity contribution in [3.05, 3.63) is 72.8 Å². The molecule has 0 spiro atoms. The van der Waals surface area contributed by atoms with Gasteiger partial charge >= 0.3 is 7.75 Å². The Morgan fingerprint density at radius 2 is 1.48 bits per heavy atom. The van der Waals surface area contributed by atoms with Crippen LogP contribution in [0.4, 0.5) is 0 Å². The molecule has 0 heterocycles. The van der Waals surface area contributed by atoms with Gasteiger partial charge in [-0.2, -0.15) is 0 Å². The maximum atomic E-state index is 13.3. The van der Waals surface area contributed by atoms with Crippen LogP contribution in [0, 0.1) is 17.8 Å². The molecule has 0 radical (unpaired) electrons. The van der Waals surface area contributed by atoms with E-state index < -0.39 is 7.75 Å². The molecule has 2 aliphatic carbocycles. The second-order valence-corrected chi connectivity index (χ2v) is 8.39. The SMILES string of the molecule is O=P(NC[C@H]1C[C@H]2C=C[C@@H]1C2)(Oc1ccccc1)Oc1ccccc1. The van der Waals surface area contributed by atoms with E-state index >= 15 is 0 Å². The van der Waals surface area contributed by atoms with Gasteiger partial charge in [-0.25, -0.2) is 9.65 Å². The fourth-order valence-corrected chi connectivity index (χ4v) is 5.10. The molecular formula is C20H22NO3P. The van der Waals surface area contributed by atoms with Crippen LogP contribution in [0.15, 0.2) is 72.8 Å². The molecule has 4 rings (SSSR count). The van der Waals surface area contributed by atoms with Gasteiger partial charge in [-0.05, 0) is 54.9 Å². The van der Waals surface area contributed by atoms with Crippen LogP contribution in [-0.4, -0.2) is 6.54 Å². The van der Waals surface area contributed by atoms with Crippen molar-refractivity contribution in [3.63, 3.8) is 0 Å². The first kappa shape index (κ1) is 16.4. The van der Waals surface area contributed by atoms with Gasteiger partial charge in [0.1, 0.15) is 11.5 Å². The lowest BCUT2D eigenvalue weighted by atomic mass is 9.94. The summed E-state index contributed by atoms with van der Waals surface area (Å²) in [5.74, 6) is 2.81. The highest BCUT2D eigenvalue weighted by atomic mass is 31.2. The summed E-state index contributed by atoms with van der Waals surface area (Å²) >= 11 is 0. The fourth-order valence-electron chi connectivity index (χ4n) is 3.68. The van der Waals surface area contributed by atoms with E-state index in [0.717, 1.165) is 6.42 Å². The Morgan fingerprint density at radius 3 is 1.96 bits per heavy atom. The molecule has 0 saturated heterocycles. The van der Waals surface area contributed by atoms with Gasteiger partial charge in [0.2, 0.25) is 0 Å². The third-order valence-corrected chi connectivity index (χ3v) is 6.37. The smallest absolute Gasteiger partial charge is 0.405 e. The van der Waals surface area contributed by atoms with Crippen LogP contribution in [0.25, 0.3) is 0 Å². The summed E-state index contributed by atoms with van der Waals surface area (Å²) in [7, 11) is -3.51. The predicted molar refractivity (Wildman–Crippen MR) is 98.6 cm³/mol. The Kier molecular flexibility index (Phi) is 4.65. The highest BCUT2D eigenvalue weighted by molar-refractivity contribution is 7.52. The van der Waals surface area contributed by atoms with Gasteiger partial charge in [0.05, 0.1) is 0 Å². The number of hydrogen-bond donors (Lipinski definition) is 1. The number of rotatable bonds is 7. The number of para-hydroxylation sites is 2. The first-order valence-electron chi connectivity index (χ1n) is 8.73. The first-order chi connectivity index (χ1) is 12.2. The molecule has 2 bridgehead atoms. The molecule has 1 saturated carbocycles. The molecule has 3 atom stereocenters. The molecule has 1 N–H and O–H groups in total. The molecule has 130 valence electrons. The Hall–Kier alpha value is -2.03. The predicted octanol–water partition coefficient (Wildman–Crippen LogP) is 5.05. The topological polar surface area (TPSA) is 47.6 Å². The summed E-state index contributed by atoms with van der Waals surface area (Å²) in [6.45, 7) is 0.627. The number of fused-ring (bicyclic) bond motifs is 2. The van der Waals surface area contributed by atoms with Crippen molar-refractivity contribution in [3.8, 4) is 11.5 Å². The third kappa shape index (κ3) is 3.97. The second kappa shape index (κ2) is 7.07. The molecule has 0 aromatic heterocycles. The highest BCUT2D eigenvalue weighted by Gasteiger charge is 2.38. The van der Waals surface area contributed by atoms with Crippen molar-refractivity contribution in [2.75, 3.05) is 6.54 Å². The molecule has 0 aliphatic heterocycles. The highest BCUT2D eigenvalue weighted by Crippen LogP contribution is 2.47. The maximum Gasteiger partial charge on any atom is 0.512 e. The van der Waals surface area contributed by atoms with Gasteiger partial charge in [0.15, 0.2) is 0 Å². The Balaban J connectivity index is 1.48. The van der Waals surface area contributed by atoms with Gasteiger partial charge in [-0.15, -0.1) is 0 Å². The van der Waals surface area contributed by atoms with E-state index in [1.54, 1.807) is 24.3 Å². The zero-order chi connectivity index (χ0) is 17.1. The molecule has 5 heteroatoms. The fraction of sp³-hybridized carbons (Fsp3) is 0.300. The van der Waals surface area contributed by atoms with Crippen LogP contribution >= 0.6 is 7.75 Å². The summed E-state index contributed by atoms with van der Waals surface area (Å²) in [5.41, 5.74) is 0. The van der Waals surface area contributed by atoms with Crippen LogP contribution in [0.2, 0.25) is 0 Å². The summed E-state index contributed by atoms with van der Waals surface area (Å²) in [6.07, 6.45) is 6.96. The zero-order valence-electron chi connectivity index (χ0n) is 14.0. The lowest BCUT2D eigenvalue weighted by Crippen LogP contribution is -2.27. The van der Waals surface area contributed by atoms with Crippen molar-refractivity contribution in [2.24, 2.45) is 17.8 Å². The Morgan fingerprint density at radius 1 is 0.880 bits per heavy atom. The van der Waals surface area contributed by atoms with E-state index in [1.165, 1.54) is 6.42 Å². The van der Waals surface area contributed by atoms with E-state index in [4.69, 9.17) is 9.05 Å². The number of nitrogens with one attached hydrogen (secondary N) is 1. The summed E-state index contributed by atoms with van der Waals surface area (Å²) in [4.78, 5) is 0. The van der Waals surface area contributed by atoms with Crippen LogP contribution in [0.1, 0.15) is 12.8 Å². The zero-order valence-corrected chi connectivity index (χ0v) is 14.8. The number of allylic oxidation sites excluding steroid dienone is 2. The third-order valence-electron chi connectivity index (χ3n) is 4.90. The summed E-state index contributed by atoms with van der Waals surface area (Å²) in [5, 5.41) is 3.10. The van der Waals surface area contributed by atoms with Gasteiger partial charge in [-0.3, -0.25) is 0 Å². The average Bonchev–Trinajstić information content (AvgIpc) is 3.25. The average molecular weight is 355 g/mol. The molecule has 25 heavy (non-hydrogen) atoms. The second-order valence-electron chi connectivity index (χ2n) is 6.71. The first-order valence-corrected chi connectivity index (χ1v) is 10.3. The quantitative estimate of drug-likeness (QED) is 0.557. The van der Waals surface area contributed by atoms with Crippen LogP contribution in [0.3, 0.4) is 0 Å². The molecule has 1 fully saturated rings. The largest absolute Gasteiger partial charge is 0.512 e. The van der Waals surface area contributed by atoms with E-state index in [2.05, 4.69) is 17.2 Å². The standard InChI is InChI=1S/C20H22NO3P/c22-25(23-19-7-3-1-4-8-19,24-20-9-5-2-6-10-20)21-15-18-14-16-11-12-17(18)13-16/h1-12,16-18H,13-15H2,(H,21,22)/t16-,17+,18+/m0/s1. The minimum Gasteiger partial charge on any atom is -0.405 e. The van der Waals surface area contributed by atoms with Crippen molar-refractivity contribution in [1.82, 2.24) is 5.09 Å². The maximum absolute atomic E-state index is 13.3. The molecule has 2 aliphatic rings.